The van der Waals surface area contributed by atoms with Gasteiger partial charge in [0.25, 0.3) is 0 Å². The van der Waals surface area contributed by atoms with Crippen LogP contribution in [-0.2, 0) is 29.0 Å². The number of carbonyl (C=O) groups excluding carboxylic acids is 2. The Hall–Kier alpha value is -3.37. The summed E-state index contributed by atoms with van der Waals surface area (Å²) < 4.78 is 15.9. The van der Waals surface area contributed by atoms with E-state index in [4.69, 9.17) is 0 Å². The quantitative estimate of drug-likeness (QED) is 0.425. The van der Waals surface area contributed by atoms with Gasteiger partial charge in [-0.25, -0.2) is 14.4 Å². The number of rotatable bonds is 8. The molecule has 0 radical (unpaired) electrons. The van der Waals surface area contributed by atoms with Crippen molar-refractivity contribution in [3.63, 3.8) is 0 Å². The number of benzene rings is 1. The zero-order valence-electron chi connectivity index (χ0n) is 16.2. The van der Waals surface area contributed by atoms with E-state index in [0.29, 0.717) is 28.5 Å². The topological polar surface area (TPSA) is 88.9 Å². The van der Waals surface area contributed by atoms with Gasteiger partial charge in [0.2, 0.25) is 11.8 Å². The van der Waals surface area contributed by atoms with E-state index >= 15 is 0 Å². The largest absolute Gasteiger partial charge is 0.352 e. The molecule has 3 aromatic heterocycles. The first-order valence-corrected chi connectivity index (χ1v) is 11.1. The lowest BCUT2D eigenvalue weighted by Crippen LogP contribution is -2.24. The zero-order chi connectivity index (χ0) is 21.6. The minimum absolute atomic E-state index is 0.0763. The Kier molecular flexibility index (Phi) is 6.48. The lowest BCUT2D eigenvalue weighted by atomic mass is 10.2. The van der Waals surface area contributed by atoms with E-state index in [1.807, 2.05) is 17.5 Å². The van der Waals surface area contributed by atoms with Crippen LogP contribution in [0.2, 0.25) is 0 Å². The van der Waals surface area contributed by atoms with Gasteiger partial charge in [-0.2, -0.15) is 0 Å². The molecule has 10 heteroatoms. The molecule has 4 rings (SSSR count). The van der Waals surface area contributed by atoms with Gasteiger partial charge in [-0.15, -0.1) is 22.7 Å². The van der Waals surface area contributed by atoms with Crippen molar-refractivity contribution in [1.82, 2.24) is 19.9 Å². The van der Waals surface area contributed by atoms with Gasteiger partial charge < -0.3 is 15.2 Å². The van der Waals surface area contributed by atoms with E-state index in [-0.39, 0.29) is 24.8 Å². The van der Waals surface area contributed by atoms with Crippen molar-refractivity contribution in [3.8, 4) is 5.69 Å². The number of anilines is 1. The highest BCUT2D eigenvalue weighted by Gasteiger charge is 2.11. The summed E-state index contributed by atoms with van der Waals surface area (Å²) in [4.78, 5) is 33.4. The molecular weight excluding hydrogens is 437 g/mol. The number of hydrogen-bond donors (Lipinski definition) is 2. The Labute approximate surface area is 185 Å². The minimum Gasteiger partial charge on any atom is -0.352 e. The number of halogens is 1. The van der Waals surface area contributed by atoms with Crippen molar-refractivity contribution in [1.29, 1.82) is 0 Å². The number of aromatic nitrogens is 3. The molecule has 0 saturated carbocycles. The molecular formula is C21H18FN5O2S2. The third-order valence-electron chi connectivity index (χ3n) is 4.34. The first kappa shape index (κ1) is 20.9. The first-order chi connectivity index (χ1) is 15.1. The molecule has 2 amide bonds. The third kappa shape index (κ3) is 5.62. The summed E-state index contributed by atoms with van der Waals surface area (Å²) in [6.07, 6.45) is 5.13. The van der Waals surface area contributed by atoms with E-state index in [1.165, 1.54) is 35.1 Å². The number of nitrogens with one attached hydrogen (secondary N) is 2. The van der Waals surface area contributed by atoms with Gasteiger partial charge >= 0.3 is 0 Å². The normalized spacial score (nSPS) is 10.7. The second-order valence-electron chi connectivity index (χ2n) is 6.66. The average molecular weight is 456 g/mol. The molecule has 3 heterocycles. The molecule has 0 spiro atoms. The van der Waals surface area contributed by atoms with Gasteiger partial charge in [0.15, 0.2) is 5.13 Å². The van der Waals surface area contributed by atoms with Gasteiger partial charge in [-0.3, -0.25) is 9.59 Å². The molecule has 0 aliphatic heterocycles. The summed E-state index contributed by atoms with van der Waals surface area (Å²) in [7, 11) is 0. The minimum atomic E-state index is -0.396. The smallest absolute Gasteiger partial charge is 0.231 e. The molecule has 0 aliphatic rings. The molecule has 158 valence electrons. The molecule has 0 atom stereocenters. The number of thiazole rings is 1. The lowest BCUT2D eigenvalue weighted by Gasteiger charge is -2.08. The number of thiophene rings is 1. The Morgan fingerprint density at radius 1 is 1.13 bits per heavy atom. The van der Waals surface area contributed by atoms with Gasteiger partial charge in [0.05, 0.1) is 30.6 Å². The fourth-order valence-corrected chi connectivity index (χ4v) is 4.31. The second-order valence-corrected chi connectivity index (χ2v) is 8.55. The fraction of sp³-hybridized carbons (Fsp3) is 0.143. The van der Waals surface area contributed by atoms with E-state index < -0.39 is 5.82 Å². The first-order valence-electron chi connectivity index (χ1n) is 9.37. The Bertz CT molecular complexity index is 1170. The number of amides is 2. The van der Waals surface area contributed by atoms with Crippen LogP contribution in [0.1, 0.15) is 16.1 Å². The van der Waals surface area contributed by atoms with Gasteiger partial charge in [0.1, 0.15) is 5.82 Å². The SMILES string of the molecule is O=C(Cc1csc(NC(=O)Cc2cccs2)n1)NCc1ccc(-n2ccnc2)c(F)c1. The van der Waals surface area contributed by atoms with Crippen LogP contribution in [0.5, 0.6) is 0 Å². The van der Waals surface area contributed by atoms with E-state index in [9.17, 15) is 14.0 Å². The molecule has 2 N–H and O–H groups in total. The fourth-order valence-electron chi connectivity index (χ4n) is 2.88. The summed E-state index contributed by atoms with van der Waals surface area (Å²) in [6.45, 7) is 0.203. The van der Waals surface area contributed by atoms with Crippen molar-refractivity contribution in [2.24, 2.45) is 0 Å². The zero-order valence-corrected chi connectivity index (χ0v) is 17.9. The van der Waals surface area contributed by atoms with Crippen LogP contribution in [-0.4, -0.2) is 26.3 Å². The van der Waals surface area contributed by atoms with Crippen LogP contribution in [0.4, 0.5) is 9.52 Å². The Balaban J connectivity index is 1.26. The van der Waals surface area contributed by atoms with Crippen molar-refractivity contribution in [2.75, 3.05) is 5.32 Å². The van der Waals surface area contributed by atoms with Crippen LogP contribution < -0.4 is 10.6 Å². The van der Waals surface area contributed by atoms with Gasteiger partial charge in [-0.1, -0.05) is 12.1 Å². The molecule has 1 aromatic carbocycles. The third-order valence-corrected chi connectivity index (χ3v) is 6.02. The molecule has 4 aromatic rings. The highest BCUT2D eigenvalue weighted by atomic mass is 32.1. The maximum absolute atomic E-state index is 14.3. The summed E-state index contributed by atoms with van der Waals surface area (Å²) >= 11 is 2.79. The predicted molar refractivity (Wildman–Crippen MR) is 118 cm³/mol. The molecule has 7 nitrogen and oxygen atoms in total. The van der Waals surface area contributed by atoms with Crippen LogP contribution in [0, 0.1) is 5.82 Å². The predicted octanol–water partition coefficient (Wildman–Crippen LogP) is 3.57. The van der Waals surface area contributed by atoms with E-state index in [2.05, 4.69) is 20.6 Å². The van der Waals surface area contributed by atoms with Crippen LogP contribution >= 0.6 is 22.7 Å². The summed E-state index contributed by atoms with van der Waals surface area (Å²) in [5, 5.41) is 9.63. The van der Waals surface area contributed by atoms with Gasteiger partial charge in [-0.05, 0) is 29.1 Å². The van der Waals surface area contributed by atoms with Crippen molar-refractivity contribution >= 4 is 39.6 Å². The Morgan fingerprint density at radius 2 is 2.03 bits per heavy atom. The molecule has 0 bridgehead atoms. The molecule has 0 unspecified atom stereocenters. The van der Waals surface area contributed by atoms with Gasteiger partial charge in [0, 0.05) is 29.2 Å². The number of hydrogen-bond acceptors (Lipinski definition) is 6. The number of carbonyl (C=O) groups is 2. The highest BCUT2D eigenvalue weighted by molar-refractivity contribution is 7.14. The van der Waals surface area contributed by atoms with Crippen molar-refractivity contribution in [3.05, 3.63) is 81.8 Å². The summed E-state index contributed by atoms with van der Waals surface area (Å²) in [5.41, 5.74) is 1.61. The van der Waals surface area contributed by atoms with Crippen LogP contribution in [0.15, 0.2) is 59.8 Å². The second kappa shape index (κ2) is 9.63. The van der Waals surface area contributed by atoms with E-state index in [0.717, 1.165) is 4.88 Å². The van der Waals surface area contributed by atoms with Crippen molar-refractivity contribution in [2.45, 2.75) is 19.4 Å². The highest BCUT2D eigenvalue weighted by Crippen LogP contribution is 2.18. The van der Waals surface area contributed by atoms with Crippen LogP contribution in [0.3, 0.4) is 0 Å². The monoisotopic (exact) mass is 455 g/mol. The molecule has 0 saturated heterocycles. The van der Waals surface area contributed by atoms with Crippen LogP contribution in [0.25, 0.3) is 5.69 Å². The molecule has 0 fully saturated rings. The average Bonchev–Trinajstić information content (AvgIpc) is 3.50. The maximum atomic E-state index is 14.3. The van der Waals surface area contributed by atoms with Crippen molar-refractivity contribution < 1.29 is 14.0 Å². The molecule has 0 aliphatic carbocycles. The Morgan fingerprint density at radius 3 is 2.77 bits per heavy atom. The van der Waals surface area contributed by atoms with E-state index in [1.54, 1.807) is 34.5 Å². The lowest BCUT2D eigenvalue weighted by molar-refractivity contribution is -0.120. The maximum Gasteiger partial charge on any atom is 0.231 e. The molecule has 31 heavy (non-hydrogen) atoms. The number of imidazole rings is 1. The summed E-state index contributed by atoms with van der Waals surface area (Å²) in [5.74, 6) is -0.776. The summed E-state index contributed by atoms with van der Waals surface area (Å²) in [6, 6.07) is 8.58. The standard InChI is InChI=1S/C21H18FN5O2S2/c22-17-8-14(3-4-18(17)27-6-5-23-13-27)11-24-19(28)9-15-12-31-21(25-15)26-20(29)10-16-2-1-7-30-16/h1-8,12-13H,9-11H2,(H,24,28)(H,25,26,29). The number of nitrogens with zero attached hydrogens (tertiary/aromatic N) is 3.